The Balaban J connectivity index is 1.91. The Kier molecular flexibility index (Phi) is 4.39. The number of amides is 3. The van der Waals surface area contributed by atoms with Crippen LogP contribution in [0.3, 0.4) is 0 Å². The molecule has 1 fully saturated rings. The predicted molar refractivity (Wildman–Crippen MR) is 73.8 cm³/mol. The zero-order valence-electron chi connectivity index (χ0n) is 11.0. The van der Waals surface area contributed by atoms with Gasteiger partial charge in [0, 0.05) is 11.4 Å². The molecule has 8 heteroatoms. The molecule has 112 valence electrons. The molecule has 0 aliphatic carbocycles. The Bertz CT molecular complexity index is 557. The van der Waals surface area contributed by atoms with Crippen molar-refractivity contribution in [2.45, 2.75) is 25.0 Å². The van der Waals surface area contributed by atoms with Crippen molar-refractivity contribution in [2.75, 3.05) is 10.6 Å². The lowest BCUT2D eigenvalue weighted by Crippen LogP contribution is -2.29. The van der Waals surface area contributed by atoms with Crippen molar-refractivity contribution in [1.29, 1.82) is 0 Å². The fourth-order valence-electron chi connectivity index (χ4n) is 2.01. The molecule has 2 rings (SSSR count). The van der Waals surface area contributed by atoms with Crippen molar-refractivity contribution in [3.63, 3.8) is 0 Å². The Labute approximate surface area is 120 Å². The molecule has 0 radical (unpaired) electrons. The van der Waals surface area contributed by atoms with E-state index in [4.69, 9.17) is 15.6 Å². The number of carboxylic acid groups (broad SMARTS) is 1. The molecule has 1 aromatic rings. The van der Waals surface area contributed by atoms with Crippen LogP contribution in [0, 0.1) is 0 Å². The smallest absolute Gasteiger partial charge is 0.332 e. The molecule has 0 spiro atoms. The van der Waals surface area contributed by atoms with E-state index < -0.39 is 30.1 Å². The van der Waals surface area contributed by atoms with Crippen LogP contribution in [0.5, 0.6) is 0 Å². The molecule has 0 bridgehead atoms. The number of hydrogen-bond acceptors (Lipinski definition) is 4. The maximum atomic E-state index is 11.9. The summed E-state index contributed by atoms with van der Waals surface area (Å²) in [4.78, 5) is 33.3. The van der Waals surface area contributed by atoms with E-state index in [1.54, 1.807) is 24.3 Å². The molecule has 2 atom stereocenters. The molecule has 2 unspecified atom stereocenters. The number of hydrogen-bond donors (Lipinski definition) is 4. The van der Waals surface area contributed by atoms with Gasteiger partial charge in [0.1, 0.15) is 6.10 Å². The Morgan fingerprint density at radius 3 is 2.05 bits per heavy atom. The lowest BCUT2D eigenvalue weighted by molar-refractivity contribution is -0.150. The summed E-state index contributed by atoms with van der Waals surface area (Å²) in [5, 5.41) is 13.8. The molecular formula is C13H15N3O5. The summed E-state index contributed by atoms with van der Waals surface area (Å²) in [6.45, 7) is 0. The summed E-state index contributed by atoms with van der Waals surface area (Å²) in [6.07, 6.45) is -1.02. The van der Waals surface area contributed by atoms with E-state index >= 15 is 0 Å². The second-order valence-electron chi connectivity index (χ2n) is 4.58. The average Bonchev–Trinajstić information content (AvgIpc) is 2.90. The van der Waals surface area contributed by atoms with Crippen LogP contribution in [-0.4, -0.2) is 35.2 Å². The third kappa shape index (κ3) is 3.93. The summed E-state index contributed by atoms with van der Waals surface area (Å²) in [7, 11) is 0. The molecule has 1 aromatic carbocycles. The quantitative estimate of drug-likeness (QED) is 0.650. The Hall–Kier alpha value is -2.61. The number of nitrogens with two attached hydrogens (primary N) is 1. The monoisotopic (exact) mass is 293 g/mol. The topological polar surface area (TPSA) is 131 Å². The van der Waals surface area contributed by atoms with Gasteiger partial charge in [-0.15, -0.1) is 0 Å². The number of carboxylic acids is 1. The van der Waals surface area contributed by atoms with Crippen molar-refractivity contribution in [2.24, 2.45) is 5.73 Å². The van der Waals surface area contributed by atoms with E-state index in [9.17, 15) is 14.4 Å². The molecule has 1 heterocycles. The second kappa shape index (κ2) is 6.23. The molecule has 0 aromatic heterocycles. The van der Waals surface area contributed by atoms with Gasteiger partial charge in [0.15, 0.2) is 6.10 Å². The van der Waals surface area contributed by atoms with E-state index in [2.05, 4.69) is 10.6 Å². The van der Waals surface area contributed by atoms with Crippen LogP contribution < -0.4 is 16.4 Å². The van der Waals surface area contributed by atoms with Crippen LogP contribution in [0.25, 0.3) is 0 Å². The van der Waals surface area contributed by atoms with Gasteiger partial charge in [0.25, 0.3) is 5.91 Å². The van der Waals surface area contributed by atoms with Crippen molar-refractivity contribution in [3.05, 3.63) is 24.3 Å². The summed E-state index contributed by atoms with van der Waals surface area (Å²) >= 11 is 0. The first-order valence-electron chi connectivity index (χ1n) is 6.31. The number of nitrogens with one attached hydrogen (secondary N) is 2. The minimum atomic E-state index is -1.06. The molecule has 3 amide bonds. The van der Waals surface area contributed by atoms with Gasteiger partial charge >= 0.3 is 12.0 Å². The van der Waals surface area contributed by atoms with Crippen LogP contribution in [0.4, 0.5) is 16.2 Å². The number of primary amides is 1. The molecular weight excluding hydrogens is 278 g/mol. The normalized spacial score (nSPS) is 20.8. The second-order valence-corrected chi connectivity index (χ2v) is 4.58. The van der Waals surface area contributed by atoms with Crippen molar-refractivity contribution < 1.29 is 24.2 Å². The van der Waals surface area contributed by atoms with Crippen LogP contribution in [0.1, 0.15) is 12.8 Å². The SMILES string of the molecule is NC(=O)Nc1ccc(NC(=O)C2CCC(C(=O)O)O2)cc1. The number of urea groups is 1. The van der Waals surface area contributed by atoms with Crippen LogP contribution in [-0.2, 0) is 14.3 Å². The highest BCUT2D eigenvalue weighted by Crippen LogP contribution is 2.22. The summed E-state index contributed by atoms with van der Waals surface area (Å²) in [5.74, 6) is -1.46. The van der Waals surface area contributed by atoms with Gasteiger partial charge in [-0.05, 0) is 37.1 Å². The molecule has 1 saturated heterocycles. The van der Waals surface area contributed by atoms with Crippen molar-refractivity contribution in [3.8, 4) is 0 Å². The third-order valence-corrected chi connectivity index (χ3v) is 3.01. The maximum absolute atomic E-state index is 11.9. The fraction of sp³-hybridized carbons (Fsp3) is 0.308. The molecule has 5 N–H and O–H groups in total. The third-order valence-electron chi connectivity index (χ3n) is 3.01. The average molecular weight is 293 g/mol. The first-order chi connectivity index (χ1) is 9.95. The highest BCUT2D eigenvalue weighted by Gasteiger charge is 2.34. The highest BCUT2D eigenvalue weighted by molar-refractivity contribution is 5.95. The van der Waals surface area contributed by atoms with Gasteiger partial charge in [-0.1, -0.05) is 0 Å². The standard InChI is InChI=1S/C13H15N3O5/c14-13(20)16-8-3-1-7(2-4-8)15-11(17)9-5-6-10(21-9)12(18)19/h1-4,9-10H,5-6H2,(H,15,17)(H,18,19)(H3,14,16,20). The zero-order valence-corrected chi connectivity index (χ0v) is 11.0. The maximum Gasteiger partial charge on any atom is 0.332 e. The predicted octanol–water partition coefficient (Wildman–Crippen LogP) is 0.748. The lowest BCUT2D eigenvalue weighted by atomic mass is 10.2. The molecule has 8 nitrogen and oxygen atoms in total. The Morgan fingerprint density at radius 1 is 1.05 bits per heavy atom. The fourth-order valence-corrected chi connectivity index (χ4v) is 2.01. The number of aliphatic carboxylic acids is 1. The van der Waals surface area contributed by atoms with Gasteiger partial charge in [-0.2, -0.15) is 0 Å². The van der Waals surface area contributed by atoms with Crippen LogP contribution >= 0.6 is 0 Å². The first kappa shape index (κ1) is 14.8. The van der Waals surface area contributed by atoms with Gasteiger partial charge in [-0.3, -0.25) is 4.79 Å². The summed E-state index contributed by atoms with van der Waals surface area (Å²) in [5.41, 5.74) is 5.99. The number of benzene rings is 1. The minimum absolute atomic E-state index is 0.314. The van der Waals surface area contributed by atoms with Gasteiger partial charge in [0.05, 0.1) is 0 Å². The highest BCUT2D eigenvalue weighted by atomic mass is 16.5. The first-order valence-corrected chi connectivity index (χ1v) is 6.31. The molecule has 1 aliphatic heterocycles. The number of ether oxygens (including phenoxy) is 1. The van der Waals surface area contributed by atoms with Gasteiger partial charge in [-0.25, -0.2) is 9.59 Å². The molecule has 1 aliphatic rings. The van der Waals surface area contributed by atoms with Gasteiger partial charge in [0.2, 0.25) is 0 Å². The number of rotatable bonds is 4. The molecule has 0 saturated carbocycles. The number of carbonyl (C=O) groups is 3. The zero-order chi connectivity index (χ0) is 15.4. The summed E-state index contributed by atoms with van der Waals surface area (Å²) < 4.78 is 5.15. The summed E-state index contributed by atoms with van der Waals surface area (Å²) in [6, 6.07) is 5.66. The Morgan fingerprint density at radius 2 is 1.57 bits per heavy atom. The van der Waals surface area contributed by atoms with E-state index in [-0.39, 0.29) is 0 Å². The van der Waals surface area contributed by atoms with Crippen molar-refractivity contribution >= 4 is 29.3 Å². The number of carbonyl (C=O) groups excluding carboxylic acids is 2. The van der Waals surface area contributed by atoms with E-state index in [1.165, 1.54) is 0 Å². The van der Waals surface area contributed by atoms with Crippen molar-refractivity contribution in [1.82, 2.24) is 0 Å². The van der Waals surface area contributed by atoms with E-state index in [1.807, 2.05) is 0 Å². The molecule has 21 heavy (non-hydrogen) atoms. The van der Waals surface area contributed by atoms with E-state index in [0.717, 1.165) is 0 Å². The minimum Gasteiger partial charge on any atom is -0.479 e. The van der Waals surface area contributed by atoms with Crippen LogP contribution in [0.15, 0.2) is 24.3 Å². The van der Waals surface area contributed by atoms with E-state index in [0.29, 0.717) is 24.2 Å². The largest absolute Gasteiger partial charge is 0.479 e. The number of anilines is 2. The van der Waals surface area contributed by atoms with Crippen LogP contribution in [0.2, 0.25) is 0 Å². The lowest BCUT2D eigenvalue weighted by Gasteiger charge is -2.12. The van der Waals surface area contributed by atoms with Gasteiger partial charge < -0.3 is 26.2 Å².